The van der Waals surface area contributed by atoms with Crippen LogP contribution in [-0.2, 0) is 10.3 Å². The lowest BCUT2D eigenvalue weighted by molar-refractivity contribution is -0.131. The average Bonchev–Trinajstić information content (AvgIpc) is 2.54. The van der Waals surface area contributed by atoms with Crippen LogP contribution in [0.25, 0.3) is 0 Å². The molecule has 0 aromatic heterocycles. The Labute approximate surface area is 121 Å². The second kappa shape index (κ2) is 4.96. The lowest BCUT2D eigenvalue weighted by Crippen LogP contribution is -2.41. The molecule has 1 saturated heterocycles. The van der Waals surface area contributed by atoms with E-state index in [4.69, 9.17) is 0 Å². The summed E-state index contributed by atoms with van der Waals surface area (Å²) < 4.78 is 0.885. The van der Waals surface area contributed by atoms with Crippen molar-refractivity contribution in [1.82, 2.24) is 10.2 Å². The second-order valence-corrected chi connectivity index (χ2v) is 6.29. The van der Waals surface area contributed by atoms with E-state index in [0.29, 0.717) is 6.54 Å². The van der Waals surface area contributed by atoms with Crippen LogP contribution in [0, 0.1) is 5.92 Å². The first-order chi connectivity index (χ1) is 8.84. The molecule has 1 heterocycles. The summed E-state index contributed by atoms with van der Waals surface area (Å²) in [5.74, 6) is 0.0591. The molecule has 0 unspecified atom stereocenters. The van der Waals surface area contributed by atoms with Crippen LogP contribution < -0.4 is 5.32 Å². The second-order valence-electron chi connectivity index (χ2n) is 5.38. The van der Waals surface area contributed by atoms with Gasteiger partial charge < -0.3 is 5.32 Å². The van der Waals surface area contributed by atoms with Crippen LogP contribution in [0.1, 0.15) is 26.3 Å². The van der Waals surface area contributed by atoms with Gasteiger partial charge in [0.1, 0.15) is 5.54 Å². The predicted molar refractivity (Wildman–Crippen MR) is 76.6 cm³/mol. The average molecular weight is 325 g/mol. The highest BCUT2D eigenvalue weighted by atomic mass is 79.9. The maximum Gasteiger partial charge on any atom is 0.325 e. The fourth-order valence-electron chi connectivity index (χ4n) is 2.22. The Hall–Kier alpha value is -1.36. The topological polar surface area (TPSA) is 49.4 Å². The van der Waals surface area contributed by atoms with Gasteiger partial charge in [0.2, 0.25) is 0 Å². The SMILES string of the molecule is CC(C)CN1C(=O)N[C@](C)(c2cccc(Br)c2)C1=O. The Balaban J connectivity index is 2.35. The first-order valence-electron chi connectivity index (χ1n) is 6.24. The predicted octanol–water partition coefficient (Wildman–Crippen LogP) is 2.87. The van der Waals surface area contributed by atoms with E-state index in [0.717, 1.165) is 10.0 Å². The number of nitrogens with one attached hydrogen (secondary N) is 1. The third-order valence-electron chi connectivity index (χ3n) is 3.22. The van der Waals surface area contributed by atoms with Gasteiger partial charge in [0, 0.05) is 11.0 Å². The van der Waals surface area contributed by atoms with Crippen LogP contribution in [0.3, 0.4) is 0 Å². The van der Waals surface area contributed by atoms with Crippen molar-refractivity contribution >= 4 is 27.9 Å². The number of urea groups is 1. The molecule has 19 heavy (non-hydrogen) atoms. The van der Waals surface area contributed by atoms with E-state index in [9.17, 15) is 9.59 Å². The number of amides is 3. The molecule has 1 aliphatic heterocycles. The molecular formula is C14H17BrN2O2. The zero-order chi connectivity index (χ0) is 14.2. The molecule has 102 valence electrons. The Morgan fingerprint density at radius 2 is 2.05 bits per heavy atom. The first-order valence-corrected chi connectivity index (χ1v) is 7.04. The molecule has 5 heteroatoms. The van der Waals surface area contributed by atoms with E-state index in [2.05, 4.69) is 21.2 Å². The molecule has 3 amide bonds. The normalized spacial score (nSPS) is 23.1. The molecule has 0 bridgehead atoms. The highest BCUT2D eigenvalue weighted by molar-refractivity contribution is 9.10. The summed E-state index contributed by atoms with van der Waals surface area (Å²) in [5.41, 5.74) is -0.193. The number of halogens is 1. The minimum absolute atomic E-state index is 0.190. The van der Waals surface area contributed by atoms with Crippen molar-refractivity contribution in [2.45, 2.75) is 26.3 Å². The van der Waals surface area contributed by atoms with Gasteiger partial charge in [-0.25, -0.2) is 4.79 Å². The minimum Gasteiger partial charge on any atom is -0.319 e. The summed E-state index contributed by atoms with van der Waals surface area (Å²) in [4.78, 5) is 25.8. The molecule has 1 aromatic rings. The summed E-state index contributed by atoms with van der Waals surface area (Å²) in [5, 5.41) is 2.80. The molecule has 0 radical (unpaired) electrons. The van der Waals surface area contributed by atoms with E-state index in [-0.39, 0.29) is 17.9 Å². The van der Waals surface area contributed by atoms with Crippen molar-refractivity contribution in [3.63, 3.8) is 0 Å². The smallest absolute Gasteiger partial charge is 0.319 e. The Morgan fingerprint density at radius 1 is 1.37 bits per heavy atom. The third-order valence-corrected chi connectivity index (χ3v) is 3.72. The molecule has 1 N–H and O–H groups in total. The molecule has 2 rings (SSSR count). The first kappa shape index (κ1) is 14.1. The van der Waals surface area contributed by atoms with Crippen LogP contribution in [0.5, 0.6) is 0 Å². The summed E-state index contributed by atoms with van der Waals surface area (Å²) in [6.07, 6.45) is 0. The molecule has 4 nitrogen and oxygen atoms in total. The Bertz CT molecular complexity index is 530. The van der Waals surface area contributed by atoms with Gasteiger partial charge in [-0.15, -0.1) is 0 Å². The molecular weight excluding hydrogens is 308 g/mol. The van der Waals surface area contributed by atoms with Crippen molar-refractivity contribution in [3.05, 3.63) is 34.3 Å². The van der Waals surface area contributed by atoms with Gasteiger partial charge in [0.25, 0.3) is 5.91 Å². The molecule has 1 fully saturated rings. The zero-order valence-electron chi connectivity index (χ0n) is 11.2. The van der Waals surface area contributed by atoms with Crippen molar-refractivity contribution in [2.75, 3.05) is 6.54 Å². The fourth-order valence-corrected chi connectivity index (χ4v) is 2.62. The summed E-state index contributed by atoms with van der Waals surface area (Å²) in [6, 6.07) is 7.13. The van der Waals surface area contributed by atoms with Crippen molar-refractivity contribution in [2.24, 2.45) is 5.92 Å². The van der Waals surface area contributed by atoms with Crippen molar-refractivity contribution in [1.29, 1.82) is 0 Å². The van der Waals surface area contributed by atoms with Gasteiger partial charge in [-0.1, -0.05) is 41.9 Å². The van der Waals surface area contributed by atoms with Crippen molar-refractivity contribution in [3.8, 4) is 0 Å². The van der Waals surface area contributed by atoms with Crippen molar-refractivity contribution < 1.29 is 9.59 Å². The van der Waals surface area contributed by atoms with Crippen LogP contribution in [0.15, 0.2) is 28.7 Å². The van der Waals surface area contributed by atoms with Crippen LogP contribution in [-0.4, -0.2) is 23.4 Å². The molecule has 1 aliphatic rings. The van der Waals surface area contributed by atoms with Gasteiger partial charge >= 0.3 is 6.03 Å². The molecule has 1 aromatic carbocycles. The van der Waals surface area contributed by atoms with Gasteiger partial charge in [-0.2, -0.15) is 0 Å². The number of hydrogen-bond acceptors (Lipinski definition) is 2. The summed E-state index contributed by atoms with van der Waals surface area (Å²) in [6.45, 7) is 6.15. The van der Waals surface area contributed by atoms with Crippen LogP contribution in [0.4, 0.5) is 4.79 Å². The lowest BCUT2D eigenvalue weighted by Gasteiger charge is -2.23. The van der Waals surface area contributed by atoms with Gasteiger partial charge in [-0.05, 0) is 30.5 Å². The maximum atomic E-state index is 12.5. The third kappa shape index (κ3) is 2.52. The number of imide groups is 1. The van der Waals surface area contributed by atoms with Gasteiger partial charge in [-0.3, -0.25) is 9.69 Å². The Morgan fingerprint density at radius 3 is 2.63 bits per heavy atom. The van der Waals surface area contributed by atoms with E-state index >= 15 is 0 Å². The van der Waals surface area contributed by atoms with E-state index in [1.165, 1.54) is 4.90 Å². The Kier molecular flexibility index (Phi) is 3.67. The molecule has 1 atom stereocenters. The quantitative estimate of drug-likeness (QED) is 0.869. The molecule has 0 aliphatic carbocycles. The minimum atomic E-state index is -0.976. The zero-order valence-corrected chi connectivity index (χ0v) is 12.8. The van der Waals surface area contributed by atoms with Crippen LogP contribution >= 0.6 is 15.9 Å². The fraction of sp³-hybridized carbons (Fsp3) is 0.429. The lowest BCUT2D eigenvalue weighted by atomic mass is 9.92. The highest BCUT2D eigenvalue weighted by Crippen LogP contribution is 2.30. The van der Waals surface area contributed by atoms with Gasteiger partial charge in [0.05, 0.1) is 0 Å². The number of carbonyl (C=O) groups is 2. The summed E-state index contributed by atoms with van der Waals surface area (Å²) in [7, 11) is 0. The van der Waals surface area contributed by atoms with E-state index < -0.39 is 5.54 Å². The molecule has 0 spiro atoms. The summed E-state index contributed by atoms with van der Waals surface area (Å²) >= 11 is 3.39. The highest BCUT2D eigenvalue weighted by Gasteiger charge is 2.48. The largest absolute Gasteiger partial charge is 0.325 e. The maximum absolute atomic E-state index is 12.5. The number of hydrogen-bond donors (Lipinski definition) is 1. The number of rotatable bonds is 3. The molecule has 0 saturated carbocycles. The monoisotopic (exact) mass is 324 g/mol. The van der Waals surface area contributed by atoms with Gasteiger partial charge in [0.15, 0.2) is 0 Å². The standard InChI is InChI=1S/C14H17BrN2O2/c1-9(2)8-17-12(18)14(3,16-13(17)19)10-5-4-6-11(15)7-10/h4-7,9H,8H2,1-3H3,(H,16,19)/t14-/m1/s1. The number of nitrogens with zero attached hydrogens (tertiary/aromatic N) is 1. The van der Waals surface area contributed by atoms with E-state index in [1.807, 2.05) is 38.1 Å². The number of benzene rings is 1. The van der Waals surface area contributed by atoms with Crippen LogP contribution in [0.2, 0.25) is 0 Å². The van der Waals surface area contributed by atoms with E-state index in [1.54, 1.807) is 6.92 Å². The number of carbonyl (C=O) groups excluding carboxylic acids is 2.